The number of nitrogens with zero attached hydrogens (tertiary/aromatic N) is 5. The van der Waals surface area contributed by atoms with Crippen LogP contribution in [0.1, 0.15) is 25.0 Å². The number of nitriles is 1. The van der Waals surface area contributed by atoms with Crippen molar-refractivity contribution in [3.05, 3.63) is 66.7 Å². The van der Waals surface area contributed by atoms with E-state index in [1.807, 2.05) is 53.5 Å². The number of rotatable bonds is 4. The van der Waals surface area contributed by atoms with Crippen LogP contribution < -0.4 is 0 Å². The van der Waals surface area contributed by atoms with Gasteiger partial charge in [-0.25, -0.2) is 9.37 Å². The fourth-order valence-electron chi connectivity index (χ4n) is 4.23. The Hall–Kier alpha value is -3.59. The minimum atomic E-state index is -0.680. The predicted octanol–water partition coefficient (Wildman–Crippen LogP) is 5.17. The average molecular weight is 397 g/mol. The van der Waals surface area contributed by atoms with Crippen LogP contribution in [0.15, 0.2) is 61.1 Å². The average Bonchev–Trinajstić information content (AvgIpc) is 3.42. The van der Waals surface area contributed by atoms with Crippen LogP contribution in [0, 0.1) is 17.2 Å². The van der Waals surface area contributed by atoms with Gasteiger partial charge in [0.05, 0.1) is 17.4 Å². The third kappa shape index (κ3) is 3.55. The highest BCUT2D eigenvalue weighted by Gasteiger charge is 2.24. The van der Waals surface area contributed by atoms with Gasteiger partial charge in [0.15, 0.2) is 0 Å². The molecule has 0 saturated heterocycles. The molecule has 5 rings (SSSR count). The zero-order valence-corrected chi connectivity index (χ0v) is 16.4. The Balaban J connectivity index is 1.53. The molecule has 1 aliphatic rings. The number of halogens is 1. The van der Waals surface area contributed by atoms with Gasteiger partial charge in [-0.1, -0.05) is 18.2 Å². The molecule has 1 saturated carbocycles. The summed E-state index contributed by atoms with van der Waals surface area (Å²) in [7, 11) is 0. The van der Waals surface area contributed by atoms with E-state index in [4.69, 9.17) is 0 Å². The van der Waals surface area contributed by atoms with Gasteiger partial charge in [-0.2, -0.15) is 10.4 Å². The largest absolute Gasteiger partial charge is 0.272 e. The molecule has 0 N–H and O–H groups in total. The van der Waals surface area contributed by atoms with Crippen molar-refractivity contribution in [2.45, 2.75) is 32.0 Å². The van der Waals surface area contributed by atoms with E-state index in [9.17, 15) is 9.65 Å². The second-order valence-electron chi connectivity index (χ2n) is 7.84. The van der Waals surface area contributed by atoms with E-state index in [0.717, 1.165) is 46.3 Å². The standard InChI is InChI=1S/C24H20FN5/c25-20-6-3-16(10-20)14-30-15-19(13-28-30)22-8-7-21(12-26)29-24(22)18-5-4-17-2-1-9-27-23(17)11-18/h1-2,4-5,7-9,11,13,15-16,20H,3,6,10,14H2/t16-,20+/m1/s1. The molecule has 5 nitrogen and oxygen atoms in total. The maximum atomic E-state index is 13.5. The molecule has 0 aliphatic heterocycles. The molecule has 30 heavy (non-hydrogen) atoms. The molecule has 4 aromatic rings. The highest BCUT2D eigenvalue weighted by molar-refractivity contribution is 5.87. The Morgan fingerprint density at radius 3 is 2.90 bits per heavy atom. The molecule has 3 heterocycles. The van der Waals surface area contributed by atoms with Crippen LogP contribution >= 0.6 is 0 Å². The number of hydrogen-bond acceptors (Lipinski definition) is 4. The van der Waals surface area contributed by atoms with Crippen molar-refractivity contribution >= 4 is 10.9 Å². The Kier molecular flexibility index (Phi) is 4.72. The lowest BCUT2D eigenvalue weighted by Crippen LogP contribution is -2.08. The van der Waals surface area contributed by atoms with Crippen LogP contribution in [0.5, 0.6) is 0 Å². The third-order valence-corrected chi connectivity index (χ3v) is 5.76. The van der Waals surface area contributed by atoms with E-state index < -0.39 is 6.17 Å². The van der Waals surface area contributed by atoms with Gasteiger partial charge in [0.25, 0.3) is 0 Å². The van der Waals surface area contributed by atoms with E-state index in [-0.39, 0.29) is 0 Å². The summed E-state index contributed by atoms with van der Waals surface area (Å²) in [5.41, 5.74) is 4.70. The summed E-state index contributed by atoms with van der Waals surface area (Å²) in [6, 6.07) is 15.7. The van der Waals surface area contributed by atoms with Gasteiger partial charge < -0.3 is 0 Å². The fourth-order valence-corrected chi connectivity index (χ4v) is 4.23. The van der Waals surface area contributed by atoms with Crippen molar-refractivity contribution < 1.29 is 4.39 Å². The molecular weight excluding hydrogens is 377 g/mol. The van der Waals surface area contributed by atoms with E-state index in [2.05, 4.69) is 21.1 Å². The monoisotopic (exact) mass is 397 g/mol. The molecule has 6 heteroatoms. The number of aromatic nitrogens is 4. The van der Waals surface area contributed by atoms with Crippen LogP contribution in [-0.2, 0) is 6.54 Å². The number of benzene rings is 1. The topological polar surface area (TPSA) is 67.4 Å². The minimum absolute atomic E-state index is 0.331. The molecule has 0 spiro atoms. The Bertz CT molecular complexity index is 1260. The highest BCUT2D eigenvalue weighted by atomic mass is 19.1. The summed E-state index contributed by atoms with van der Waals surface area (Å²) in [6.45, 7) is 0.722. The van der Waals surface area contributed by atoms with Gasteiger partial charge in [-0.3, -0.25) is 9.67 Å². The quantitative estimate of drug-likeness (QED) is 0.476. The zero-order chi connectivity index (χ0) is 20.5. The molecule has 0 unspecified atom stereocenters. The van der Waals surface area contributed by atoms with Gasteiger partial charge >= 0.3 is 0 Å². The number of alkyl halides is 1. The first-order chi connectivity index (χ1) is 14.7. The van der Waals surface area contributed by atoms with Crippen LogP contribution in [0.25, 0.3) is 33.3 Å². The van der Waals surface area contributed by atoms with E-state index >= 15 is 0 Å². The second kappa shape index (κ2) is 7.68. The van der Waals surface area contributed by atoms with E-state index in [1.54, 1.807) is 12.3 Å². The maximum Gasteiger partial charge on any atom is 0.141 e. The van der Waals surface area contributed by atoms with E-state index in [1.165, 1.54) is 0 Å². The summed E-state index contributed by atoms with van der Waals surface area (Å²) in [5, 5.41) is 14.9. The molecular formula is C24H20FN5. The minimum Gasteiger partial charge on any atom is -0.272 e. The lowest BCUT2D eigenvalue weighted by Gasteiger charge is -2.10. The van der Waals surface area contributed by atoms with Crippen LogP contribution in [0.3, 0.4) is 0 Å². The summed E-state index contributed by atoms with van der Waals surface area (Å²) in [6.07, 6.45) is 7.05. The SMILES string of the molecule is N#Cc1ccc(-c2cnn(C[C@@H]3CC[C@H](F)C3)c2)c(-c2ccc3cccnc3c2)n1. The molecule has 2 atom stereocenters. The molecule has 0 bridgehead atoms. The molecule has 3 aromatic heterocycles. The van der Waals surface area contributed by atoms with Gasteiger partial charge in [0.2, 0.25) is 0 Å². The normalized spacial score (nSPS) is 18.5. The second-order valence-corrected chi connectivity index (χ2v) is 7.84. The Morgan fingerprint density at radius 2 is 2.07 bits per heavy atom. The highest BCUT2D eigenvalue weighted by Crippen LogP contribution is 2.33. The van der Waals surface area contributed by atoms with Gasteiger partial charge in [-0.15, -0.1) is 0 Å². The van der Waals surface area contributed by atoms with Gasteiger partial charge in [-0.05, 0) is 49.4 Å². The third-order valence-electron chi connectivity index (χ3n) is 5.76. The lowest BCUT2D eigenvalue weighted by molar-refractivity contribution is 0.320. The summed E-state index contributed by atoms with van der Waals surface area (Å²) in [5.74, 6) is 0.331. The Labute approximate surface area is 173 Å². The molecule has 148 valence electrons. The lowest BCUT2D eigenvalue weighted by atomic mass is 10.00. The maximum absolute atomic E-state index is 13.5. The van der Waals surface area contributed by atoms with Crippen molar-refractivity contribution in [2.24, 2.45) is 5.92 Å². The first-order valence-electron chi connectivity index (χ1n) is 10.1. The molecule has 1 fully saturated rings. The first-order valence-corrected chi connectivity index (χ1v) is 10.1. The molecule has 0 radical (unpaired) electrons. The summed E-state index contributed by atoms with van der Waals surface area (Å²) in [4.78, 5) is 9.03. The zero-order valence-electron chi connectivity index (χ0n) is 16.4. The van der Waals surface area contributed by atoms with Crippen molar-refractivity contribution in [3.63, 3.8) is 0 Å². The van der Waals surface area contributed by atoms with Gasteiger partial charge in [0.1, 0.15) is 17.9 Å². The summed E-state index contributed by atoms with van der Waals surface area (Å²) >= 11 is 0. The number of fused-ring (bicyclic) bond motifs is 1. The Morgan fingerprint density at radius 1 is 1.13 bits per heavy atom. The first kappa shape index (κ1) is 18.4. The number of hydrogen-bond donors (Lipinski definition) is 0. The van der Waals surface area contributed by atoms with Crippen LogP contribution in [0.2, 0.25) is 0 Å². The van der Waals surface area contributed by atoms with Crippen molar-refractivity contribution in [2.75, 3.05) is 0 Å². The van der Waals surface area contributed by atoms with Crippen molar-refractivity contribution in [1.29, 1.82) is 5.26 Å². The smallest absolute Gasteiger partial charge is 0.141 e. The molecule has 0 amide bonds. The predicted molar refractivity (Wildman–Crippen MR) is 113 cm³/mol. The molecule has 1 aromatic carbocycles. The molecule has 1 aliphatic carbocycles. The van der Waals surface area contributed by atoms with Gasteiger partial charge in [0, 0.05) is 41.0 Å². The number of pyridine rings is 2. The van der Waals surface area contributed by atoms with Crippen molar-refractivity contribution in [1.82, 2.24) is 19.7 Å². The fraction of sp³-hybridized carbons (Fsp3) is 0.250. The van der Waals surface area contributed by atoms with Crippen molar-refractivity contribution in [3.8, 4) is 28.5 Å². The summed E-state index contributed by atoms with van der Waals surface area (Å²) < 4.78 is 15.4. The van der Waals surface area contributed by atoms with Crippen LogP contribution in [-0.4, -0.2) is 25.9 Å². The van der Waals surface area contributed by atoms with Crippen LogP contribution in [0.4, 0.5) is 4.39 Å². The van der Waals surface area contributed by atoms with E-state index in [0.29, 0.717) is 24.5 Å².